The van der Waals surface area contributed by atoms with Gasteiger partial charge in [0.1, 0.15) is 0 Å². The van der Waals surface area contributed by atoms with Crippen molar-refractivity contribution in [3.05, 3.63) is 66.5 Å². The summed E-state index contributed by atoms with van der Waals surface area (Å²) in [5, 5.41) is 0. The molecule has 0 fully saturated rings. The van der Waals surface area contributed by atoms with Crippen molar-refractivity contribution in [2.24, 2.45) is 0 Å². The molecule has 0 aliphatic carbocycles. The molecule has 0 spiro atoms. The molecular weight excluding hydrogens is 344 g/mol. The van der Waals surface area contributed by atoms with Gasteiger partial charge in [-0.1, -0.05) is 62.3 Å². The molecule has 0 bridgehead atoms. The Kier molecular flexibility index (Phi) is 10.2. The fraction of sp³-hybridized carbons (Fsp3) is 0.440. The van der Waals surface area contributed by atoms with Gasteiger partial charge in [-0.15, -0.1) is 6.58 Å². The summed E-state index contributed by atoms with van der Waals surface area (Å²) >= 11 is 0. The fourth-order valence-corrected chi connectivity index (χ4v) is 2.99. The number of hydrogen-bond donors (Lipinski definition) is 0. The third kappa shape index (κ3) is 8.18. The molecule has 1 aromatic carbocycles. The summed E-state index contributed by atoms with van der Waals surface area (Å²) in [6.45, 7) is 9.06. The van der Waals surface area contributed by atoms with Gasteiger partial charge in [0.2, 0.25) is 0 Å². The first-order chi connectivity index (χ1) is 13.7. The molecule has 0 saturated heterocycles. The maximum absolute atomic E-state index is 5.84. The van der Waals surface area contributed by atoms with Gasteiger partial charge in [0.25, 0.3) is 0 Å². The first-order valence-electron chi connectivity index (χ1n) is 10.5. The molecule has 0 saturated carbocycles. The van der Waals surface area contributed by atoms with Crippen LogP contribution < -0.4 is 0 Å². The molecule has 1 aromatic heterocycles. The van der Waals surface area contributed by atoms with Crippen molar-refractivity contribution in [1.82, 2.24) is 9.97 Å². The second-order valence-electron chi connectivity index (χ2n) is 7.25. The van der Waals surface area contributed by atoms with Crippen molar-refractivity contribution in [2.75, 3.05) is 6.61 Å². The Labute approximate surface area is 170 Å². The van der Waals surface area contributed by atoms with Crippen LogP contribution in [0, 0.1) is 0 Å². The lowest BCUT2D eigenvalue weighted by atomic mass is 10.1. The second kappa shape index (κ2) is 13.0. The van der Waals surface area contributed by atoms with Crippen molar-refractivity contribution in [2.45, 2.75) is 64.9 Å². The van der Waals surface area contributed by atoms with E-state index in [1.54, 1.807) is 0 Å². The van der Waals surface area contributed by atoms with E-state index in [2.05, 4.69) is 66.8 Å². The van der Waals surface area contributed by atoms with E-state index in [0.29, 0.717) is 6.10 Å². The molecule has 3 heteroatoms. The Morgan fingerprint density at radius 2 is 1.82 bits per heavy atom. The van der Waals surface area contributed by atoms with E-state index < -0.39 is 0 Å². The number of hydrogen-bond acceptors (Lipinski definition) is 3. The zero-order chi connectivity index (χ0) is 20.0. The summed E-state index contributed by atoms with van der Waals surface area (Å²) < 4.78 is 5.84. The predicted octanol–water partition coefficient (Wildman–Crippen LogP) is 6.65. The third-order valence-corrected chi connectivity index (χ3v) is 4.71. The molecule has 150 valence electrons. The lowest BCUT2D eigenvalue weighted by molar-refractivity contribution is 0.0566. The molecular formula is C25H34N2O. The summed E-state index contributed by atoms with van der Waals surface area (Å²) in [5.74, 6) is 0.761. The molecule has 2 aromatic rings. The zero-order valence-corrected chi connectivity index (χ0v) is 17.4. The highest BCUT2D eigenvalue weighted by Crippen LogP contribution is 2.16. The van der Waals surface area contributed by atoms with E-state index in [-0.39, 0.29) is 0 Å². The number of rotatable bonds is 13. The first-order valence-corrected chi connectivity index (χ1v) is 10.5. The van der Waals surface area contributed by atoms with Crippen LogP contribution in [0.4, 0.5) is 0 Å². The Morgan fingerprint density at radius 3 is 2.50 bits per heavy atom. The second-order valence-corrected chi connectivity index (χ2v) is 7.25. The lowest BCUT2D eigenvalue weighted by Crippen LogP contribution is -2.08. The van der Waals surface area contributed by atoms with Crippen LogP contribution in [0.15, 0.2) is 55.4 Å². The Balaban J connectivity index is 1.72. The Morgan fingerprint density at radius 1 is 1.07 bits per heavy atom. The van der Waals surface area contributed by atoms with Crippen LogP contribution >= 0.6 is 0 Å². The quantitative estimate of drug-likeness (QED) is 0.289. The van der Waals surface area contributed by atoms with Crippen LogP contribution in [0.1, 0.15) is 63.5 Å². The molecule has 0 N–H and O–H groups in total. The lowest BCUT2D eigenvalue weighted by Gasteiger charge is -2.11. The highest BCUT2D eigenvalue weighted by molar-refractivity contribution is 5.56. The van der Waals surface area contributed by atoms with E-state index in [9.17, 15) is 0 Å². The SMILES string of the molecule is C=CCc1ccc(-c2ncc(C=CCCCC(C)OCCCCC)cn2)cc1. The van der Waals surface area contributed by atoms with Gasteiger partial charge in [-0.25, -0.2) is 9.97 Å². The van der Waals surface area contributed by atoms with E-state index in [1.165, 1.54) is 24.8 Å². The topological polar surface area (TPSA) is 35.0 Å². The molecule has 0 aliphatic heterocycles. The minimum atomic E-state index is 0.353. The van der Waals surface area contributed by atoms with Gasteiger partial charge in [0, 0.05) is 30.1 Å². The molecule has 0 aliphatic rings. The molecule has 0 radical (unpaired) electrons. The summed E-state index contributed by atoms with van der Waals surface area (Å²) in [7, 11) is 0. The first kappa shape index (κ1) is 22.0. The predicted molar refractivity (Wildman–Crippen MR) is 119 cm³/mol. The smallest absolute Gasteiger partial charge is 0.159 e. The number of allylic oxidation sites excluding steroid dienone is 2. The van der Waals surface area contributed by atoms with Gasteiger partial charge < -0.3 is 4.74 Å². The number of unbranched alkanes of at least 4 members (excludes halogenated alkanes) is 3. The molecule has 1 heterocycles. The summed E-state index contributed by atoms with van der Waals surface area (Å²) in [4.78, 5) is 9.00. The third-order valence-electron chi connectivity index (χ3n) is 4.71. The number of benzene rings is 1. The number of ether oxygens (including phenoxy) is 1. The average Bonchev–Trinajstić information content (AvgIpc) is 2.72. The van der Waals surface area contributed by atoms with E-state index in [1.807, 2.05) is 18.5 Å². The van der Waals surface area contributed by atoms with Crippen LogP contribution in [-0.4, -0.2) is 22.7 Å². The van der Waals surface area contributed by atoms with Crippen LogP contribution in [0.2, 0.25) is 0 Å². The van der Waals surface area contributed by atoms with Crippen molar-refractivity contribution < 1.29 is 4.74 Å². The van der Waals surface area contributed by atoms with Crippen molar-refractivity contribution in [3.8, 4) is 11.4 Å². The fourth-order valence-electron chi connectivity index (χ4n) is 2.99. The zero-order valence-electron chi connectivity index (χ0n) is 17.4. The minimum Gasteiger partial charge on any atom is -0.379 e. The van der Waals surface area contributed by atoms with Gasteiger partial charge in [0.05, 0.1) is 6.10 Å². The normalized spacial score (nSPS) is 12.4. The Hall–Kier alpha value is -2.26. The van der Waals surface area contributed by atoms with E-state index in [0.717, 1.165) is 49.2 Å². The van der Waals surface area contributed by atoms with Gasteiger partial charge in [0.15, 0.2) is 5.82 Å². The highest BCUT2D eigenvalue weighted by Gasteiger charge is 2.02. The number of nitrogens with zero attached hydrogens (tertiary/aromatic N) is 2. The number of aromatic nitrogens is 2. The molecule has 1 unspecified atom stereocenters. The van der Waals surface area contributed by atoms with Crippen LogP contribution in [0.5, 0.6) is 0 Å². The minimum absolute atomic E-state index is 0.353. The maximum atomic E-state index is 5.84. The maximum Gasteiger partial charge on any atom is 0.159 e. The average molecular weight is 379 g/mol. The highest BCUT2D eigenvalue weighted by atomic mass is 16.5. The van der Waals surface area contributed by atoms with Crippen LogP contribution in [-0.2, 0) is 11.2 Å². The van der Waals surface area contributed by atoms with E-state index in [4.69, 9.17) is 4.74 Å². The molecule has 28 heavy (non-hydrogen) atoms. The van der Waals surface area contributed by atoms with Crippen LogP contribution in [0.3, 0.4) is 0 Å². The largest absolute Gasteiger partial charge is 0.379 e. The van der Waals surface area contributed by atoms with Crippen molar-refractivity contribution >= 4 is 6.08 Å². The van der Waals surface area contributed by atoms with Gasteiger partial charge in [-0.3, -0.25) is 0 Å². The molecule has 0 amide bonds. The molecule has 2 rings (SSSR count). The Bertz CT molecular complexity index is 704. The molecule has 3 nitrogen and oxygen atoms in total. The van der Waals surface area contributed by atoms with Gasteiger partial charge in [-0.2, -0.15) is 0 Å². The summed E-state index contributed by atoms with van der Waals surface area (Å²) in [6, 6.07) is 8.33. The van der Waals surface area contributed by atoms with Crippen molar-refractivity contribution in [1.29, 1.82) is 0 Å². The molecule has 1 atom stereocenters. The van der Waals surface area contributed by atoms with E-state index >= 15 is 0 Å². The monoisotopic (exact) mass is 378 g/mol. The van der Waals surface area contributed by atoms with Gasteiger partial charge >= 0.3 is 0 Å². The summed E-state index contributed by atoms with van der Waals surface area (Å²) in [5.41, 5.74) is 3.33. The standard InChI is InChI=1S/C25H34N2O/c1-4-6-10-18-28-21(3)12-8-7-9-13-23-19-26-25(27-20-23)24-16-14-22(11-5-2)15-17-24/h5,9,13-17,19-21H,2,4,6-8,10-12,18H2,1,3H3. The van der Waals surface area contributed by atoms with Gasteiger partial charge in [-0.05, 0) is 44.6 Å². The summed E-state index contributed by atoms with van der Waals surface area (Å²) in [6.07, 6.45) is 18.2. The van der Waals surface area contributed by atoms with Crippen molar-refractivity contribution in [3.63, 3.8) is 0 Å². The van der Waals surface area contributed by atoms with Crippen LogP contribution in [0.25, 0.3) is 17.5 Å².